The number of carbonyl (C=O) groups is 2. The number of amides is 1. The smallest absolute Gasteiger partial charge is 0.307 e. The molecule has 0 saturated heterocycles. The van der Waals surface area contributed by atoms with E-state index in [4.69, 9.17) is 10.8 Å². The number of carbonyl (C=O) groups excluding carboxylic acids is 1. The molecule has 0 spiro atoms. The summed E-state index contributed by atoms with van der Waals surface area (Å²) < 4.78 is 0. The van der Waals surface area contributed by atoms with Crippen LogP contribution in [0.25, 0.3) is 0 Å². The Balaban J connectivity index is 2.70. The zero-order valence-electron chi connectivity index (χ0n) is 9.64. The highest BCUT2D eigenvalue weighted by atomic mass is 16.4. The second-order valence-corrected chi connectivity index (χ2v) is 3.85. The molecule has 5 heteroatoms. The lowest BCUT2D eigenvalue weighted by molar-refractivity contribution is -0.136. The number of hydrogen-bond donors (Lipinski definition) is 3. The zero-order valence-corrected chi connectivity index (χ0v) is 9.64. The highest BCUT2D eigenvalue weighted by Crippen LogP contribution is 2.09. The van der Waals surface area contributed by atoms with Gasteiger partial charge in [-0.2, -0.15) is 0 Å². The van der Waals surface area contributed by atoms with Crippen LogP contribution >= 0.6 is 0 Å². The lowest BCUT2D eigenvalue weighted by Gasteiger charge is -2.10. The van der Waals surface area contributed by atoms with Crippen molar-refractivity contribution in [2.75, 3.05) is 0 Å². The third kappa shape index (κ3) is 4.24. The lowest BCUT2D eigenvalue weighted by atomic mass is 10.0. The molecule has 0 fully saturated rings. The number of carboxylic acid groups (broad SMARTS) is 1. The molecule has 0 unspecified atom stereocenters. The van der Waals surface area contributed by atoms with Crippen LogP contribution in [0, 0.1) is 0 Å². The molecule has 0 bridgehead atoms. The van der Waals surface area contributed by atoms with E-state index in [9.17, 15) is 9.59 Å². The zero-order chi connectivity index (χ0) is 12.8. The molecule has 1 aromatic rings. The van der Waals surface area contributed by atoms with Crippen LogP contribution in [0.4, 0.5) is 0 Å². The Hall–Kier alpha value is -1.88. The van der Waals surface area contributed by atoms with Crippen molar-refractivity contribution >= 4 is 11.9 Å². The van der Waals surface area contributed by atoms with Crippen LogP contribution in [0.2, 0.25) is 0 Å². The van der Waals surface area contributed by atoms with Gasteiger partial charge in [0.2, 0.25) is 5.91 Å². The third-order valence-electron chi connectivity index (χ3n) is 2.33. The van der Waals surface area contributed by atoms with E-state index in [1.807, 2.05) is 0 Å². The van der Waals surface area contributed by atoms with Gasteiger partial charge >= 0.3 is 5.97 Å². The van der Waals surface area contributed by atoms with Gasteiger partial charge < -0.3 is 16.2 Å². The number of carboxylic acids is 1. The van der Waals surface area contributed by atoms with Crippen molar-refractivity contribution in [1.82, 2.24) is 5.32 Å². The quantitative estimate of drug-likeness (QED) is 0.684. The topological polar surface area (TPSA) is 92.4 Å². The van der Waals surface area contributed by atoms with Gasteiger partial charge in [-0.3, -0.25) is 9.59 Å². The highest BCUT2D eigenvalue weighted by Gasteiger charge is 2.09. The summed E-state index contributed by atoms with van der Waals surface area (Å²) in [7, 11) is 0. The maximum atomic E-state index is 11.3. The minimum Gasteiger partial charge on any atom is -0.481 e. The van der Waals surface area contributed by atoms with Gasteiger partial charge in [0.15, 0.2) is 0 Å². The summed E-state index contributed by atoms with van der Waals surface area (Å²) in [6.07, 6.45) is -0.0514. The Kier molecular flexibility index (Phi) is 4.66. The number of nitrogens with two attached hydrogens (primary N) is 1. The molecule has 0 radical (unpaired) electrons. The van der Waals surface area contributed by atoms with E-state index in [2.05, 4.69) is 5.32 Å². The van der Waals surface area contributed by atoms with Gasteiger partial charge in [0.1, 0.15) is 0 Å². The van der Waals surface area contributed by atoms with Crippen LogP contribution in [-0.2, 0) is 22.6 Å². The fourth-order valence-corrected chi connectivity index (χ4v) is 1.41. The van der Waals surface area contributed by atoms with E-state index in [1.165, 1.54) is 0 Å². The van der Waals surface area contributed by atoms with Gasteiger partial charge in [0, 0.05) is 6.54 Å². The first kappa shape index (κ1) is 13.2. The Morgan fingerprint density at radius 2 is 1.94 bits per heavy atom. The summed E-state index contributed by atoms with van der Waals surface area (Å²) >= 11 is 0. The predicted octanol–water partition coefficient (Wildman–Crippen LogP) is 0.277. The Bertz CT molecular complexity index is 416. The molecule has 0 aliphatic carbocycles. The molecule has 0 heterocycles. The largest absolute Gasteiger partial charge is 0.481 e. The van der Waals surface area contributed by atoms with Crippen LogP contribution in [0.15, 0.2) is 24.3 Å². The number of aliphatic carboxylic acids is 1. The summed E-state index contributed by atoms with van der Waals surface area (Å²) in [5.41, 5.74) is 6.91. The van der Waals surface area contributed by atoms with Crippen LogP contribution in [0.1, 0.15) is 18.1 Å². The van der Waals surface area contributed by atoms with Gasteiger partial charge in [0.05, 0.1) is 12.5 Å². The predicted molar refractivity (Wildman–Crippen MR) is 63.3 cm³/mol. The first-order valence-corrected chi connectivity index (χ1v) is 5.32. The molecule has 4 N–H and O–H groups in total. The summed E-state index contributed by atoms with van der Waals surface area (Å²) in [6, 6.07) is 6.54. The Morgan fingerprint density at radius 3 is 2.47 bits per heavy atom. The molecule has 1 rings (SSSR count). The van der Waals surface area contributed by atoms with Crippen molar-refractivity contribution in [2.24, 2.45) is 5.73 Å². The van der Waals surface area contributed by atoms with E-state index < -0.39 is 12.0 Å². The van der Waals surface area contributed by atoms with E-state index in [-0.39, 0.29) is 12.3 Å². The maximum Gasteiger partial charge on any atom is 0.307 e. The second kappa shape index (κ2) is 6.00. The van der Waals surface area contributed by atoms with Crippen molar-refractivity contribution in [3.63, 3.8) is 0 Å². The van der Waals surface area contributed by atoms with Gasteiger partial charge in [-0.25, -0.2) is 0 Å². The third-order valence-corrected chi connectivity index (χ3v) is 2.33. The number of nitrogens with one attached hydrogen (secondary N) is 1. The summed E-state index contributed by atoms with van der Waals surface area (Å²) in [4.78, 5) is 22.0. The average molecular weight is 236 g/mol. The fourth-order valence-electron chi connectivity index (χ4n) is 1.41. The fraction of sp³-hybridized carbons (Fsp3) is 0.333. The van der Waals surface area contributed by atoms with Gasteiger partial charge in [-0.1, -0.05) is 24.3 Å². The molecule has 0 aliphatic heterocycles. The molecule has 1 amide bonds. The van der Waals surface area contributed by atoms with Gasteiger partial charge in [-0.15, -0.1) is 0 Å². The molecule has 92 valence electrons. The van der Waals surface area contributed by atoms with Crippen molar-refractivity contribution in [3.8, 4) is 0 Å². The van der Waals surface area contributed by atoms with Crippen LogP contribution in [-0.4, -0.2) is 23.0 Å². The van der Waals surface area contributed by atoms with Crippen LogP contribution in [0.3, 0.4) is 0 Å². The molecule has 17 heavy (non-hydrogen) atoms. The minimum absolute atomic E-state index is 0.0514. The average Bonchev–Trinajstić information content (AvgIpc) is 2.26. The van der Waals surface area contributed by atoms with E-state index >= 15 is 0 Å². The monoisotopic (exact) mass is 236 g/mol. The van der Waals surface area contributed by atoms with Gasteiger partial charge in [0.25, 0.3) is 0 Å². The summed E-state index contributed by atoms with van der Waals surface area (Å²) in [5, 5.41) is 11.4. The van der Waals surface area contributed by atoms with E-state index in [0.717, 1.165) is 5.56 Å². The number of rotatable bonds is 5. The number of benzene rings is 1. The minimum atomic E-state index is -0.893. The summed E-state index contributed by atoms with van der Waals surface area (Å²) in [5.74, 6) is -1.15. The molecule has 0 saturated carbocycles. The Labute approximate surface area is 99.6 Å². The number of hydrogen-bond acceptors (Lipinski definition) is 3. The summed E-state index contributed by atoms with van der Waals surface area (Å²) in [6.45, 7) is 1.89. The van der Waals surface area contributed by atoms with Crippen molar-refractivity contribution in [1.29, 1.82) is 0 Å². The lowest BCUT2D eigenvalue weighted by Crippen LogP contribution is -2.38. The molecule has 5 nitrogen and oxygen atoms in total. The standard InChI is InChI=1S/C12H16N2O3/c1-8(13)12(17)14-7-10-5-3-2-4-9(10)6-11(15)16/h2-5,8H,6-7,13H2,1H3,(H,14,17)(H,15,16)/t8-/m1/s1. The first-order chi connectivity index (χ1) is 8.00. The Morgan fingerprint density at radius 1 is 1.35 bits per heavy atom. The maximum absolute atomic E-state index is 11.3. The molecule has 1 aromatic carbocycles. The van der Waals surface area contributed by atoms with Crippen LogP contribution < -0.4 is 11.1 Å². The molecular formula is C12H16N2O3. The van der Waals surface area contributed by atoms with E-state index in [0.29, 0.717) is 12.1 Å². The second-order valence-electron chi connectivity index (χ2n) is 3.85. The first-order valence-electron chi connectivity index (χ1n) is 5.32. The normalized spacial score (nSPS) is 11.9. The molecule has 0 aromatic heterocycles. The molecular weight excluding hydrogens is 220 g/mol. The van der Waals surface area contributed by atoms with Crippen molar-refractivity contribution in [3.05, 3.63) is 35.4 Å². The molecule has 0 aliphatic rings. The van der Waals surface area contributed by atoms with Crippen molar-refractivity contribution in [2.45, 2.75) is 25.9 Å². The van der Waals surface area contributed by atoms with Crippen LogP contribution in [0.5, 0.6) is 0 Å². The SMILES string of the molecule is C[C@@H](N)C(=O)NCc1ccccc1CC(=O)O. The van der Waals surface area contributed by atoms with Crippen molar-refractivity contribution < 1.29 is 14.7 Å². The van der Waals surface area contributed by atoms with E-state index in [1.54, 1.807) is 31.2 Å². The highest BCUT2D eigenvalue weighted by molar-refractivity contribution is 5.81. The van der Waals surface area contributed by atoms with Gasteiger partial charge in [-0.05, 0) is 18.1 Å². The molecule has 1 atom stereocenters.